The lowest BCUT2D eigenvalue weighted by molar-refractivity contribution is 0.394. The van der Waals surface area contributed by atoms with Crippen molar-refractivity contribution in [2.75, 3.05) is 14.2 Å². The molecule has 3 nitrogen and oxygen atoms in total. The summed E-state index contributed by atoms with van der Waals surface area (Å²) in [6.07, 6.45) is 0.922. The number of nitrogens with two attached hydrogens (primary N) is 1. The molecule has 0 aromatic heterocycles. The molecular formula is C17H21NO2. The van der Waals surface area contributed by atoms with E-state index in [0.29, 0.717) is 0 Å². The van der Waals surface area contributed by atoms with Crippen LogP contribution in [0.25, 0.3) is 11.1 Å². The van der Waals surface area contributed by atoms with E-state index in [2.05, 4.69) is 25.1 Å². The Morgan fingerprint density at radius 3 is 2.15 bits per heavy atom. The lowest BCUT2D eigenvalue weighted by Crippen LogP contribution is -2.08. The average molecular weight is 271 g/mol. The van der Waals surface area contributed by atoms with Gasteiger partial charge in [-0.2, -0.15) is 0 Å². The molecule has 0 bridgehead atoms. The molecule has 0 fully saturated rings. The number of rotatable bonds is 5. The molecular weight excluding hydrogens is 250 g/mol. The molecule has 0 spiro atoms. The van der Waals surface area contributed by atoms with E-state index in [1.807, 2.05) is 24.3 Å². The van der Waals surface area contributed by atoms with Gasteiger partial charge in [-0.1, -0.05) is 25.1 Å². The van der Waals surface area contributed by atoms with Crippen molar-refractivity contribution in [2.24, 2.45) is 5.73 Å². The Balaban J connectivity index is 2.45. The summed E-state index contributed by atoms with van der Waals surface area (Å²) in [5.74, 6) is 1.56. The Hall–Kier alpha value is -2.00. The quantitative estimate of drug-likeness (QED) is 0.900. The molecule has 1 atom stereocenters. The first kappa shape index (κ1) is 14.4. The molecule has 2 N–H and O–H groups in total. The van der Waals surface area contributed by atoms with Crippen molar-refractivity contribution in [3.8, 4) is 22.6 Å². The number of methoxy groups -OCH3 is 2. The van der Waals surface area contributed by atoms with Crippen molar-refractivity contribution in [3.63, 3.8) is 0 Å². The Labute approximate surface area is 120 Å². The van der Waals surface area contributed by atoms with Crippen LogP contribution in [0.1, 0.15) is 24.9 Å². The van der Waals surface area contributed by atoms with E-state index in [1.165, 1.54) is 0 Å². The van der Waals surface area contributed by atoms with Gasteiger partial charge in [-0.25, -0.2) is 0 Å². The lowest BCUT2D eigenvalue weighted by Gasteiger charge is -2.12. The maximum Gasteiger partial charge on any atom is 0.123 e. The predicted molar refractivity (Wildman–Crippen MR) is 82.2 cm³/mol. The summed E-state index contributed by atoms with van der Waals surface area (Å²) in [7, 11) is 3.31. The zero-order valence-corrected chi connectivity index (χ0v) is 12.2. The lowest BCUT2D eigenvalue weighted by atomic mass is 9.98. The fourth-order valence-electron chi connectivity index (χ4n) is 2.16. The molecule has 2 aromatic rings. The molecule has 0 aliphatic carbocycles. The molecule has 3 heteroatoms. The number of ether oxygens (including phenoxy) is 2. The highest BCUT2D eigenvalue weighted by molar-refractivity contribution is 5.68. The molecule has 0 aliphatic rings. The number of hydrogen-bond donors (Lipinski definition) is 1. The summed E-state index contributed by atoms with van der Waals surface area (Å²) in [5, 5.41) is 0. The third-order valence-electron chi connectivity index (χ3n) is 3.44. The van der Waals surface area contributed by atoms with Crippen LogP contribution in [0, 0.1) is 0 Å². The van der Waals surface area contributed by atoms with Gasteiger partial charge < -0.3 is 15.2 Å². The molecule has 20 heavy (non-hydrogen) atoms. The summed E-state index contributed by atoms with van der Waals surface area (Å²) in [6.45, 7) is 2.09. The standard InChI is InChI=1S/C17H21NO2/c1-4-17(18)13-7-5-6-12(8-13)14-9-15(19-2)11-16(10-14)20-3/h5-11,17H,4,18H2,1-3H3. The average Bonchev–Trinajstić information content (AvgIpc) is 2.53. The van der Waals surface area contributed by atoms with Crippen LogP contribution in [0.4, 0.5) is 0 Å². The van der Waals surface area contributed by atoms with Crippen LogP contribution in [0.3, 0.4) is 0 Å². The summed E-state index contributed by atoms with van der Waals surface area (Å²) in [4.78, 5) is 0. The van der Waals surface area contributed by atoms with Gasteiger partial charge in [0.2, 0.25) is 0 Å². The second kappa shape index (κ2) is 6.44. The molecule has 0 saturated carbocycles. The second-order valence-corrected chi connectivity index (χ2v) is 4.74. The van der Waals surface area contributed by atoms with E-state index in [4.69, 9.17) is 15.2 Å². The van der Waals surface area contributed by atoms with Gasteiger partial charge in [0.25, 0.3) is 0 Å². The number of benzene rings is 2. The molecule has 0 saturated heterocycles. The van der Waals surface area contributed by atoms with E-state index < -0.39 is 0 Å². The van der Waals surface area contributed by atoms with Crippen LogP contribution in [0.15, 0.2) is 42.5 Å². The minimum absolute atomic E-state index is 0.0717. The maximum absolute atomic E-state index is 6.10. The zero-order chi connectivity index (χ0) is 14.5. The molecule has 106 valence electrons. The van der Waals surface area contributed by atoms with Gasteiger partial charge in [0.05, 0.1) is 14.2 Å². The molecule has 0 heterocycles. The predicted octanol–water partition coefficient (Wildman–Crippen LogP) is 3.78. The van der Waals surface area contributed by atoms with Crippen molar-refractivity contribution in [2.45, 2.75) is 19.4 Å². The highest BCUT2D eigenvalue weighted by Gasteiger charge is 2.07. The Morgan fingerprint density at radius 2 is 1.60 bits per heavy atom. The van der Waals surface area contributed by atoms with Crippen molar-refractivity contribution in [1.29, 1.82) is 0 Å². The van der Waals surface area contributed by atoms with Crippen LogP contribution in [0.2, 0.25) is 0 Å². The first-order valence-corrected chi connectivity index (χ1v) is 6.77. The Morgan fingerprint density at radius 1 is 0.950 bits per heavy atom. The van der Waals surface area contributed by atoms with Gasteiger partial charge in [0.1, 0.15) is 11.5 Å². The van der Waals surface area contributed by atoms with E-state index in [0.717, 1.165) is 34.6 Å². The van der Waals surface area contributed by atoms with Crippen molar-refractivity contribution < 1.29 is 9.47 Å². The van der Waals surface area contributed by atoms with Gasteiger partial charge >= 0.3 is 0 Å². The van der Waals surface area contributed by atoms with Crippen LogP contribution in [-0.4, -0.2) is 14.2 Å². The van der Waals surface area contributed by atoms with Crippen molar-refractivity contribution in [1.82, 2.24) is 0 Å². The smallest absolute Gasteiger partial charge is 0.123 e. The number of hydrogen-bond acceptors (Lipinski definition) is 3. The van der Waals surface area contributed by atoms with Crippen LogP contribution >= 0.6 is 0 Å². The van der Waals surface area contributed by atoms with Gasteiger partial charge in [0, 0.05) is 12.1 Å². The van der Waals surface area contributed by atoms with Crippen LogP contribution in [-0.2, 0) is 0 Å². The summed E-state index contributed by atoms with van der Waals surface area (Å²) in [5.41, 5.74) is 9.43. The topological polar surface area (TPSA) is 44.5 Å². The first-order chi connectivity index (χ1) is 9.67. The van der Waals surface area contributed by atoms with Gasteiger partial charge in [0.15, 0.2) is 0 Å². The van der Waals surface area contributed by atoms with Crippen LogP contribution < -0.4 is 15.2 Å². The van der Waals surface area contributed by atoms with E-state index in [-0.39, 0.29) is 6.04 Å². The summed E-state index contributed by atoms with van der Waals surface area (Å²) < 4.78 is 10.6. The summed E-state index contributed by atoms with van der Waals surface area (Å²) in [6, 6.07) is 14.2. The Bertz CT molecular complexity index is 559. The third-order valence-corrected chi connectivity index (χ3v) is 3.44. The fourth-order valence-corrected chi connectivity index (χ4v) is 2.16. The summed E-state index contributed by atoms with van der Waals surface area (Å²) >= 11 is 0. The fraction of sp³-hybridized carbons (Fsp3) is 0.294. The Kier molecular flexibility index (Phi) is 4.64. The highest BCUT2D eigenvalue weighted by Crippen LogP contribution is 2.31. The molecule has 0 radical (unpaired) electrons. The zero-order valence-electron chi connectivity index (χ0n) is 12.2. The first-order valence-electron chi connectivity index (χ1n) is 6.77. The van der Waals surface area contributed by atoms with E-state index in [1.54, 1.807) is 14.2 Å². The van der Waals surface area contributed by atoms with Gasteiger partial charge in [-0.05, 0) is 41.3 Å². The largest absolute Gasteiger partial charge is 0.497 e. The van der Waals surface area contributed by atoms with Gasteiger partial charge in [-0.3, -0.25) is 0 Å². The third kappa shape index (κ3) is 3.11. The highest BCUT2D eigenvalue weighted by atomic mass is 16.5. The molecule has 2 rings (SSSR count). The normalized spacial score (nSPS) is 12.0. The van der Waals surface area contributed by atoms with Gasteiger partial charge in [-0.15, -0.1) is 0 Å². The molecule has 0 amide bonds. The molecule has 0 aliphatic heterocycles. The second-order valence-electron chi connectivity index (χ2n) is 4.74. The maximum atomic E-state index is 6.10. The van der Waals surface area contributed by atoms with E-state index in [9.17, 15) is 0 Å². The SMILES string of the molecule is CCC(N)c1cccc(-c2cc(OC)cc(OC)c2)c1. The van der Waals surface area contributed by atoms with Crippen molar-refractivity contribution >= 4 is 0 Å². The van der Waals surface area contributed by atoms with Crippen LogP contribution in [0.5, 0.6) is 11.5 Å². The van der Waals surface area contributed by atoms with Crippen molar-refractivity contribution in [3.05, 3.63) is 48.0 Å². The monoisotopic (exact) mass is 271 g/mol. The minimum atomic E-state index is 0.0717. The van der Waals surface area contributed by atoms with E-state index >= 15 is 0 Å². The molecule has 2 aromatic carbocycles. The minimum Gasteiger partial charge on any atom is -0.497 e. The molecule has 1 unspecified atom stereocenters.